The van der Waals surface area contributed by atoms with Crippen molar-refractivity contribution >= 4 is 38.4 Å². The molecule has 0 radical (unpaired) electrons. The number of nitrogens with one attached hydrogen (secondary N) is 2. The molecule has 234 valence electrons. The first-order valence-corrected chi connectivity index (χ1v) is 15.9. The van der Waals surface area contributed by atoms with Crippen LogP contribution in [0.15, 0.2) is 59.5 Å². The monoisotopic (exact) mass is 623 g/mol. The summed E-state index contributed by atoms with van der Waals surface area (Å²) in [6, 6.07) is 13.3. The first kappa shape index (κ1) is 31.2. The van der Waals surface area contributed by atoms with Gasteiger partial charge in [-0.2, -0.15) is 4.72 Å². The van der Waals surface area contributed by atoms with E-state index in [9.17, 15) is 18.0 Å². The molecule has 2 unspecified atom stereocenters. The minimum Gasteiger partial charge on any atom is -0.493 e. The molecule has 2 aliphatic heterocycles. The van der Waals surface area contributed by atoms with Crippen LogP contribution in [-0.2, 0) is 30.8 Å². The molecule has 2 fully saturated rings. The molecule has 44 heavy (non-hydrogen) atoms. The molecule has 3 aromatic carbocycles. The summed E-state index contributed by atoms with van der Waals surface area (Å²) >= 11 is 0. The van der Waals surface area contributed by atoms with Crippen molar-refractivity contribution in [3.8, 4) is 11.5 Å². The van der Waals surface area contributed by atoms with Crippen LogP contribution in [0.1, 0.15) is 24.0 Å². The number of fused-ring (bicyclic) bond motifs is 1. The van der Waals surface area contributed by atoms with Crippen molar-refractivity contribution in [3.63, 3.8) is 0 Å². The van der Waals surface area contributed by atoms with Crippen molar-refractivity contribution in [3.05, 3.63) is 65.7 Å². The third kappa shape index (κ3) is 6.64. The number of methoxy groups -OCH3 is 2. The summed E-state index contributed by atoms with van der Waals surface area (Å²) in [5.74, 6) is 0.271. The number of carbonyl (C=O) groups excluding carboxylic acids is 2. The molecule has 4 N–H and O–H groups in total. The molecule has 2 amide bonds. The second-order valence-corrected chi connectivity index (χ2v) is 12.5. The number of likely N-dealkylation sites (tertiary alicyclic amines) is 1. The molecule has 2 atom stereocenters. The highest BCUT2D eigenvalue weighted by molar-refractivity contribution is 7.89. The Hall–Kier alpha value is -4.20. The lowest BCUT2D eigenvalue weighted by atomic mass is 9.97. The molecular formula is C31H37N5O7S. The average molecular weight is 624 g/mol. The predicted octanol–water partition coefficient (Wildman–Crippen LogP) is 1.88. The van der Waals surface area contributed by atoms with E-state index in [1.54, 1.807) is 47.4 Å². The van der Waals surface area contributed by atoms with Crippen LogP contribution in [0.4, 0.5) is 0 Å². The van der Waals surface area contributed by atoms with E-state index < -0.39 is 28.0 Å². The summed E-state index contributed by atoms with van der Waals surface area (Å²) in [6.07, 6.45) is 1.05. The topological polar surface area (TPSA) is 164 Å². The van der Waals surface area contributed by atoms with Gasteiger partial charge in [0.25, 0.3) is 0 Å². The highest BCUT2D eigenvalue weighted by Crippen LogP contribution is 2.33. The van der Waals surface area contributed by atoms with Gasteiger partial charge >= 0.3 is 0 Å². The molecule has 0 bridgehead atoms. The zero-order valence-electron chi connectivity index (χ0n) is 24.7. The molecule has 2 heterocycles. The maximum atomic E-state index is 13.9. The molecule has 2 aliphatic rings. The maximum absolute atomic E-state index is 13.9. The zero-order chi connectivity index (χ0) is 31.4. The molecule has 2 saturated heterocycles. The number of hydrogen-bond acceptors (Lipinski definition) is 8. The third-order valence-electron chi connectivity index (χ3n) is 8.07. The van der Waals surface area contributed by atoms with Crippen LogP contribution in [0.25, 0.3) is 10.8 Å². The summed E-state index contributed by atoms with van der Waals surface area (Å²) in [5.41, 5.74) is 6.94. The first-order chi connectivity index (χ1) is 21.1. The SMILES string of the molecule is COc1cc2ccc(S(=O)(=O)NC3CCCN(C(Cc4ccc(C(=N)N)cc4)C(=O)N4CCOCC4)C3=O)cc2cc1OC. The van der Waals surface area contributed by atoms with Gasteiger partial charge in [-0.15, -0.1) is 0 Å². The van der Waals surface area contributed by atoms with Gasteiger partial charge in [0.1, 0.15) is 17.9 Å². The van der Waals surface area contributed by atoms with Crippen LogP contribution >= 0.6 is 0 Å². The van der Waals surface area contributed by atoms with Crippen molar-refractivity contribution in [1.29, 1.82) is 5.41 Å². The van der Waals surface area contributed by atoms with Crippen molar-refractivity contribution in [2.75, 3.05) is 47.1 Å². The number of nitrogen functional groups attached to an aromatic ring is 1. The van der Waals surface area contributed by atoms with E-state index in [0.717, 1.165) is 10.9 Å². The normalized spacial score (nSPS) is 18.2. The molecule has 0 spiro atoms. The van der Waals surface area contributed by atoms with Crippen LogP contribution in [-0.4, -0.2) is 95.0 Å². The van der Waals surface area contributed by atoms with E-state index in [4.69, 9.17) is 25.4 Å². The Bertz CT molecular complexity index is 1660. The van der Waals surface area contributed by atoms with Gasteiger partial charge in [-0.05, 0) is 53.4 Å². The number of ether oxygens (including phenoxy) is 3. The van der Waals surface area contributed by atoms with Crippen LogP contribution in [0.3, 0.4) is 0 Å². The number of hydrogen-bond donors (Lipinski definition) is 3. The lowest BCUT2D eigenvalue weighted by Crippen LogP contribution is -2.60. The van der Waals surface area contributed by atoms with Crippen LogP contribution in [0.5, 0.6) is 11.5 Å². The van der Waals surface area contributed by atoms with Crippen molar-refractivity contribution in [2.24, 2.45) is 5.73 Å². The Morgan fingerprint density at radius 2 is 1.68 bits per heavy atom. The molecule has 12 nitrogen and oxygen atoms in total. The number of amides is 2. The summed E-state index contributed by atoms with van der Waals surface area (Å²) in [6.45, 7) is 1.96. The van der Waals surface area contributed by atoms with Crippen LogP contribution in [0, 0.1) is 5.41 Å². The van der Waals surface area contributed by atoms with Gasteiger partial charge in [-0.1, -0.05) is 30.3 Å². The number of morpholine rings is 1. The van der Waals surface area contributed by atoms with Crippen molar-refractivity contribution in [1.82, 2.24) is 14.5 Å². The molecule has 5 rings (SSSR count). The molecule has 3 aromatic rings. The summed E-state index contributed by atoms with van der Waals surface area (Å²) in [4.78, 5) is 30.9. The number of nitrogens with zero attached hydrogens (tertiary/aromatic N) is 2. The molecular weight excluding hydrogens is 586 g/mol. The summed E-state index contributed by atoms with van der Waals surface area (Å²) in [5, 5.41) is 9.05. The second kappa shape index (κ2) is 13.2. The lowest BCUT2D eigenvalue weighted by Gasteiger charge is -2.40. The zero-order valence-corrected chi connectivity index (χ0v) is 25.6. The lowest BCUT2D eigenvalue weighted by molar-refractivity contribution is -0.150. The Morgan fingerprint density at radius 3 is 2.32 bits per heavy atom. The standard InChI is InChI=1S/C31H37N5O7S/c1-41-27-18-22-9-10-24(17-23(22)19-28(27)42-2)44(39,40)34-25-4-3-11-36(30(25)37)26(31(38)35-12-14-43-15-13-35)16-20-5-7-21(8-6-20)29(32)33/h5-10,17-19,25-26,34H,3-4,11-16H2,1-2H3,(H3,32,33). The highest BCUT2D eigenvalue weighted by Gasteiger charge is 2.40. The third-order valence-corrected chi connectivity index (χ3v) is 9.54. The van der Waals surface area contributed by atoms with Gasteiger partial charge in [-0.3, -0.25) is 15.0 Å². The van der Waals surface area contributed by atoms with Crippen molar-refractivity contribution < 1.29 is 32.2 Å². The number of piperidine rings is 1. The van der Waals surface area contributed by atoms with Gasteiger partial charge < -0.3 is 29.7 Å². The predicted molar refractivity (Wildman–Crippen MR) is 164 cm³/mol. The summed E-state index contributed by atoms with van der Waals surface area (Å²) in [7, 11) is -1.06. The minimum absolute atomic E-state index is 0.00801. The fourth-order valence-electron chi connectivity index (χ4n) is 5.66. The van der Waals surface area contributed by atoms with Crippen molar-refractivity contribution in [2.45, 2.75) is 36.2 Å². The number of carbonyl (C=O) groups is 2. The maximum Gasteiger partial charge on any atom is 0.245 e. The largest absolute Gasteiger partial charge is 0.493 e. The van der Waals surface area contributed by atoms with Gasteiger partial charge in [0.05, 0.1) is 32.3 Å². The Kier molecular flexibility index (Phi) is 9.37. The number of amidine groups is 1. The van der Waals surface area contributed by atoms with E-state index in [1.165, 1.54) is 31.3 Å². The van der Waals surface area contributed by atoms with Gasteiger partial charge in [0.2, 0.25) is 21.8 Å². The van der Waals surface area contributed by atoms with Gasteiger partial charge in [0.15, 0.2) is 11.5 Å². The average Bonchev–Trinajstić information content (AvgIpc) is 3.04. The van der Waals surface area contributed by atoms with Crippen LogP contribution < -0.4 is 19.9 Å². The smallest absolute Gasteiger partial charge is 0.245 e. The quantitative estimate of drug-likeness (QED) is 0.228. The Balaban J connectivity index is 1.39. The second-order valence-electron chi connectivity index (χ2n) is 10.8. The van der Waals surface area contributed by atoms with Crippen LogP contribution in [0.2, 0.25) is 0 Å². The highest BCUT2D eigenvalue weighted by atomic mass is 32.2. The fourth-order valence-corrected chi connectivity index (χ4v) is 6.92. The molecule has 0 saturated carbocycles. The molecule has 0 aliphatic carbocycles. The van der Waals surface area contributed by atoms with E-state index >= 15 is 0 Å². The number of sulfonamides is 1. The fraction of sp³-hybridized carbons (Fsp3) is 0.387. The van der Waals surface area contributed by atoms with Gasteiger partial charge in [-0.25, -0.2) is 8.42 Å². The number of rotatable bonds is 10. The van der Waals surface area contributed by atoms with E-state index in [0.29, 0.717) is 68.1 Å². The molecule has 13 heteroatoms. The van der Waals surface area contributed by atoms with E-state index in [-0.39, 0.29) is 23.1 Å². The van der Waals surface area contributed by atoms with Gasteiger partial charge in [0, 0.05) is 31.6 Å². The number of nitrogens with two attached hydrogens (primary N) is 1. The first-order valence-electron chi connectivity index (χ1n) is 14.4. The Labute approximate surface area is 256 Å². The summed E-state index contributed by atoms with van der Waals surface area (Å²) < 4.78 is 45.8. The van der Waals surface area contributed by atoms with E-state index in [2.05, 4.69) is 4.72 Å². The Morgan fingerprint density at radius 1 is 1.02 bits per heavy atom. The minimum atomic E-state index is -4.09. The van der Waals surface area contributed by atoms with E-state index in [1.807, 2.05) is 0 Å². The molecule has 0 aromatic heterocycles. The number of benzene rings is 3.